The molecule has 0 amide bonds. The Morgan fingerprint density at radius 3 is 2.53 bits per heavy atom. The summed E-state index contributed by atoms with van der Waals surface area (Å²) in [5, 5.41) is 0. The zero-order chi connectivity index (χ0) is 14.5. The Balaban J connectivity index is 2.72. The van der Waals surface area contributed by atoms with Crippen molar-refractivity contribution in [2.45, 2.75) is 46.6 Å². The number of nitrogens with two attached hydrogens (primary N) is 1. The SMILES string of the molecule is COc1cccc(C(CC(C)CC(C)(C)C)NN)c1. The van der Waals surface area contributed by atoms with Crippen LogP contribution in [0.25, 0.3) is 0 Å². The average Bonchev–Trinajstić information content (AvgIpc) is 2.34. The molecular weight excluding hydrogens is 236 g/mol. The summed E-state index contributed by atoms with van der Waals surface area (Å²) in [4.78, 5) is 0. The van der Waals surface area contributed by atoms with Crippen molar-refractivity contribution in [3.8, 4) is 5.75 Å². The van der Waals surface area contributed by atoms with E-state index in [9.17, 15) is 0 Å². The summed E-state index contributed by atoms with van der Waals surface area (Å²) in [5.74, 6) is 7.21. The largest absolute Gasteiger partial charge is 0.497 e. The Morgan fingerprint density at radius 1 is 1.32 bits per heavy atom. The van der Waals surface area contributed by atoms with E-state index in [1.54, 1.807) is 7.11 Å². The van der Waals surface area contributed by atoms with E-state index in [0.29, 0.717) is 11.3 Å². The number of hydrogen-bond acceptors (Lipinski definition) is 3. The summed E-state index contributed by atoms with van der Waals surface area (Å²) in [7, 11) is 1.69. The molecule has 0 heterocycles. The second-order valence-corrected chi connectivity index (χ2v) is 6.60. The predicted molar refractivity (Wildman–Crippen MR) is 80.9 cm³/mol. The van der Waals surface area contributed by atoms with Crippen molar-refractivity contribution in [1.29, 1.82) is 0 Å². The standard InChI is InChI=1S/C16H28N2O/c1-12(11-16(2,3)4)9-15(18-17)13-7-6-8-14(10-13)19-5/h6-8,10,12,15,18H,9,11,17H2,1-5H3. The smallest absolute Gasteiger partial charge is 0.119 e. The van der Waals surface area contributed by atoms with Gasteiger partial charge in [-0.2, -0.15) is 0 Å². The number of ether oxygens (including phenoxy) is 1. The van der Waals surface area contributed by atoms with E-state index in [2.05, 4.69) is 39.2 Å². The zero-order valence-corrected chi connectivity index (χ0v) is 12.9. The molecule has 0 bridgehead atoms. The fraction of sp³-hybridized carbons (Fsp3) is 0.625. The van der Waals surface area contributed by atoms with E-state index in [4.69, 9.17) is 10.6 Å². The fourth-order valence-electron chi connectivity index (χ4n) is 2.69. The van der Waals surface area contributed by atoms with Crippen LogP contribution in [0.4, 0.5) is 0 Å². The third kappa shape index (κ3) is 5.62. The van der Waals surface area contributed by atoms with Gasteiger partial charge < -0.3 is 4.74 Å². The molecule has 0 aliphatic rings. The molecule has 1 aromatic carbocycles. The Hall–Kier alpha value is -1.06. The quantitative estimate of drug-likeness (QED) is 0.609. The molecule has 3 nitrogen and oxygen atoms in total. The van der Waals surface area contributed by atoms with Crippen molar-refractivity contribution in [3.05, 3.63) is 29.8 Å². The van der Waals surface area contributed by atoms with Crippen LogP contribution in [0.2, 0.25) is 0 Å². The lowest BCUT2D eigenvalue weighted by Gasteiger charge is -2.26. The minimum Gasteiger partial charge on any atom is -0.497 e. The molecule has 19 heavy (non-hydrogen) atoms. The van der Waals surface area contributed by atoms with Crippen molar-refractivity contribution in [3.63, 3.8) is 0 Å². The summed E-state index contributed by atoms with van der Waals surface area (Å²) in [5.41, 5.74) is 4.47. The molecule has 0 radical (unpaired) electrons. The monoisotopic (exact) mass is 264 g/mol. The van der Waals surface area contributed by atoms with Crippen molar-refractivity contribution in [1.82, 2.24) is 5.43 Å². The molecule has 3 N–H and O–H groups in total. The number of hydrazine groups is 1. The molecule has 0 saturated carbocycles. The normalized spacial score (nSPS) is 15.1. The van der Waals surface area contributed by atoms with Crippen LogP contribution in [0.1, 0.15) is 52.1 Å². The number of hydrogen-bond donors (Lipinski definition) is 2. The molecule has 0 aromatic heterocycles. The van der Waals surface area contributed by atoms with Crippen LogP contribution < -0.4 is 16.0 Å². The third-order valence-electron chi connectivity index (χ3n) is 3.30. The number of nitrogens with one attached hydrogen (secondary N) is 1. The molecule has 0 fully saturated rings. The summed E-state index contributed by atoms with van der Waals surface area (Å²) >= 11 is 0. The minimum absolute atomic E-state index is 0.174. The van der Waals surface area contributed by atoms with E-state index in [1.165, 1.54) is 12.0 Å². The van der Waals surface area contributed by atoms with Gasteiger partial charge in [0.15, 0.2) is 0 Å². The summed E-state index contributed by atoms with van der Waals surface area (Å²) in [6, 6.07) is 8.28. The van der Waals surface area contributed by atoms with Crippen LogP contribution in [0.15, 0.2) is 24.3 Å². The molecule has 1 rings (SSSR count). The van der Waals surface area contributed by atoms with Crippen LogP contribution in [0.5, 0.6) is 5.75 Å². The van der Waals surface area contributed by atoms with Gasteiger partial charge in [0.05, 0.1) is 7.11 Å². The van der Waals surface area contributed by atoms with E-state index < -0.39 is 0 Å². The lowest BCUT2D eigenvalue weighted by Crippen LogP contribution is -2.30. The average molecular weight is 264 g/mol. The molecule has 2 unspecified atom stereocenters. The first-order valence-corrected chi connectivity index (χ1v) is 6.96. The van der Waals surface area contributed by atoms with Crippen LogP contribution in [0.3, 0.4) is 0 Å². The first kappa shape index (κ1) is 16.0. The van der Waals surface area contributed by atoms with Crippen molar-refractivity contribution in [2.75, 3.05) is 7.11 Å². The van der Waals surface area contributed by atoms with Gasteiger partial charge in [0.25, 0.3) is 0 Å². The second-order valence-electron chi connectivity index (χ2n) is 6.60. The summed E-state index contributed by atoms with van der Waals surface area (Å²) < 4.78 is 5.27. The highest BCUT2D eigenvalue weighted by Gasteiger charge is 2.19. The predicted octanol–water partition coefficient (Wildman–Crippen LogP) is 3.66. The lowest BCUT2D eigenvalue weighted by molar-refractivity contribution is 0.276. The first-order valence-electron chi connectivity index (χ1n) is 6.96. The Bertz CT molecular complexity index is 385. The third-order valence-corrected chi connectivity index (χ3v) is 3.30. The highest BCUT2D eigenvalue weighted by atomic mass is 16.5. The maximum atomic E-state index is 5.72. The second kappa shape index (κ2) is 6.92. The summed E-state index contributed by atoms with van der Waals surface area (Å²) in [6.07, 6.45) is 2.22. The first-order chi connectivity index (χ1) is 8.85. The van der Waals surface area contributed by atoms with Gasteiger partial charge in [-0.3, -0.25) is 11.3 Å². The Morgan fingerprint density at radius 2 is 2.00 bits per heavy atom. The van der Waals surface area contributed by atoms with Crippen LogP contribution in [-0.4, -0.2) is 7.11 Å². The maximum absolute atomic E-state index is 5.72. The molecule has 108 valence electrons. The highest BCUT2D eigenvalue weighted by Crippen LogP contribution is 2.31. The van der Waals surface area contributed by atoms with E-state index in [0.717, 1.165) is 12.2 Å². The van der Waals surface area contributed by atoms with Crippen molar-refractivity contribution < 1.29 is 4.74 Å². The minimum atomic E-state index is 0.174. The molecule has 0 saturated heterocycles. The van der Waals surface area contributed by atoms with Crippen LogP contribution in [0, 0.1) is 11.3 Å². The van der Waals surface area contributed by atoms with Gasteiger partial charge in [-0.15, -0.1) is 0 Å². The lowest BCUT2D eigenvalue weighted by atomic mass is 9.82. The Kier molecular flexibility index (Phi) is 5.83. The molecule has 3 heteroatoms. The molecule has 0 aliphatic heterocycles. The van der Waals surface area contributed by atoms with Gasteiger partial charge in [0, 0.05) is 6.04 Å². The topological polar surface area (TPSA) is 47.3 Å². The number of benzene rings is 1. The van der Waals surface area contributed by atoms with E-state index in [1.807, 2.05) is 18.2 Å². The molecule has 1 aromatic rings. The molecular formula is C16H28N2O. The van der Waals surface area contributed by atoms with Gasteiger partial charge >= 0.3 is 0 Å². The maximum Gasteiger partial charge on any atom is 0.119 e. The van der Waals surface area contributed by atoms with Gasteiger partial charge in [0.2, 0.25) is 0 Å². The van der Waals surface area contributed by atoms with Crippen LogP contribution in [-0.2, 0) is 0 Å². The van der Waals surface area contributed by atoms with Crippen LogP contribution >= 0.6 is 0 Å². The summed E-state index contributed by atoms with van der Waals surface area (Å²) in [6.45, 7) is 9.12. The molecule has 0 aliphatic carbocycles. The van der Waals surface area contributed by atoms with Crippen molar-refractivity contribution in [2.24, 2.45) is 17.2 Å². The number of rotatable bonds is 6. The molecule has 0 spiro atoms. The van der Waals surface area contributed by atoms with E-state index >= 15 is 0 Å². The van der Waals surface area contributed by atoms with Gasteiger partial charge in [0.1, 0.15) is 5.75 Å². The zero-order valence-electron chi connectivity index (χ0n) is 12.9. The van der Waals surface area contributed by atoms with E-state index in [-0.39, 0.29) is 6.04 Å². The fourth-order valence-corrected chi connectivity index (χ4v) is 2.69. The Labute approximate surface area is 117 Å². The van der Waals surface area contributed by atoms with Crippen molar-refractivity contribution >= 4 is 0 Å². The van der Waals surface area contributed by atoms with Gasteiger partial charge in [-0.1, -0.05) is 39.8 Å². The number of methoxy groups -OCH3 is 1. The van der Waals surface area contributed by atoms with Gasteiger partial charge in [-0.25, -0.2) is 0 Å². The highest BCUT2D eigenvalue weighted by molar-refractivity contribution is 5.30. The van der Waals surface area contributed by atoms with Gasteiger partial charge in [-0.05, 0) is 41.9 Å². The molecule has 2 atom stereocenters.